The fourth-order valence-corrected chi connectivity index (χ4v) is 3.82. The van der Waals surface area contributed by atoms with Crippen molar-refractivity contribution in [2.45, 2.75) is 12.8 Å². The average molecular weight is 203 g/mol. The van der Waals surface area contributed by atoms with Crippen LogP contribution in [0.2, 0.25) is 0 Å². The summed E-state index contributed by atoms with van der Waals surface area (Å²) in [7, 11) is -2.77. The van der Waals surface area contributed by atoms with Crippen LogP contribution < -0.4 is 0 Å². The smallest absolute Gasteiger partial charge is 0.147 e. The van der Waals surface area contributed by atoms with Gasteiger partial charge in [-0.2, -0.15) is 0 Å². The second-order valence-corrected chi connectivity index (χ2v) is 6.68. The third-order valence-corrected chi connectivity index (χ3v) is 4.34. The fourth-order valence-electron chi connectivity index (χ4n) is 2.67. The van der Waals surface area contributed by atoms with Crippen LogP contribution in [0.3, 0.4) is 0 Å². The molecule has 4 heteroatoms. The molecule has 3 rings (SSSR count). The molecule has 0 aromatic rings. The van der Waals surface area contributed by atoms with Gasteiger partial charge in [0.05, 0.1) is 5.75 Å². The summed E-state index contributed by atoms with van der Waals surface area (Å²) in [6, 6.07) is 0. The van der Waals surface area contributed by atoms with Crippen molar-refractivity contribution < 1.29 is 8.42 Å². The zero-order chi connectivity index (χ0) is 9.47. The maximum absolute atomic E-state index is 11.2. The predicted molar refractivity (Wildman–Crippen MR) is 52.4 cm³/mol. The van der Waals surface area contributed by atoms with Crippen LogP contribution in [0.1, 0.15) is 12.8 Å². The van der Waals surface area contributed by atoms with Gasteiger partial charge in [0, 0.05) is 12.8 Å². The lowest BCUT2D eigenvalue weighted by Crippen LogP contribution is -2.49. The predicted octanol–water partition coefficient (Wildman–Crippen LogP) is 0.373. The van der Waals surface area contributed by atoms with E-state index in [4.69, 9.17) is 0 Å². The summed E-state index contributed by atoms with van der Waals surface area (Å²) in [5.74, 6) is 1.49. The second-order valence-electron chi connectivity index (χ2n) is 4.49. The molecule has 0 N–H and O–H groups in total. The standard InChI is InChI=1S/C9H17NO2S/c1-13(11,12)7-9-6-10-4-2-8(9)3-5-10/h8-9H,2-7H2,1H3/t9-/m0/s1. The number of hydrogen-bond acceptors (Lipinski definition) is 3. The van der Waals surface area contributed by atoms with E-state index in [9.17, 15) is 8.42 Å². The van der Waals surface area contributed by atoms with Crippen molar-refractivity contribution in [3.8, 4) is 0 Å². The molecule has 13 heavy (non-hydrogen) atoms. The van der Waals surface area contributed by atoms with Gasteiger partial charge < -0.3 is 4.90 Å². The normalized spacial score (nSPS) is 39.3. The Morgan fingerprint density at radius 1 is 1.31 bits per heavy atom. The monoisotopic (exact) mass is 203 g/mol. The Balaban J connectivity index is 2.01. The first-order chi connectivity index (χ1) is 6.04. The summed E-state index contributed by atoms with van der Waals surface area (Å²) in [5.41, 5.74) is 0. The number of rotatable bonds is 2. The van der Waals surface area contributed by atoms with E-state index < -0.39 is 9.84 Å². The van der Waals surface area contributed by atoms with Crippen LogP contribution in [0.15, 0.2) is 0 Å². The lowest BCUT2D eigenvalue weighted by Gasteiger charge is -2.44. The molecule has 3 aliphatic rings. The molecule has 0 radical (unpaired) electrons. The molecular weight excluding hydrogens is 186 g/mol. The Morgan fingerprint density at radius 3 is 2.31 bits per heavy atom. The van der Waals surface area contributed by atoms with Crippen molar-refractivity contribution in [3.63, 3.8) is 0 Å². The number of fused-ring (bicyclic) bond motifs is 3. The quantitative estimate of drug-likeness (QED) is 0.651. The number of hydrogen-bond donors (Lipinski definition) is 0. The molecule has 0 saturated carbocycles. The molecule has 0 aromatic heterocycles. The molecule has 3 saturated heterocycles. The van der Waals surface area contributed by atoms with Crippen LogP contribution in [-0.2, 0) is 9.84 Å². The minimum absolute atomic E-state index is 0.397. The highest BCUT2D eigenvalue weighted by Gasteiger charge is 2.35. The first kappa shape index (κ1) is 9.46. The number of piperidine rings is 3. The van der Waals surface area contributed by atoms with E-state index in [1.54, 1.807) is 0 Å². The minimum atomic E-state index is -2.77. The Bertz CT molecular complexity index is 278. The molecular formula is C9H17NO2S. The van der Waals surface area contributed by atoms with Crippen LogP contribution in [-0.4, -0.2) is 45.0 Å². The summed E-state index contributed by atoms with van der Waals surface area (Å²) in [6.45, 7) is 3.38. The van der Waals surface area contributed by atoms with Crippen molar-refractivity contribution in [3.05, 3.63) is 0 Å². The van der Waals surface area contributed by atoms with Crippen LogP contribution >= 0.6 is 0 Å². The molecule has 3 heterocycles. The van der Waals surface area contributed by atoms with Gasteiger partial charge >= 0.3 is 0 Å². The van der Waals surface area contributed by atoms with Gasteiger partial charge in [-0.3, -0.25) is 0 Å². The van der Waals surface area contributed by atoms with Crippen molar-refractivity contribution in [2.75, 3.05) is 31.6 Å². The van der Waals surface area contributed by atoms with Crippen LogP contribution in [0.5, 0.6) is 0 Å². The third-order valence-electron chi connectivity index (χ3n) is 3.31. The largest absolute Gasteiger partial charge is 0.303 e. The molecule has 0 aliphatic carbocycles. The summed E-state index contributed by atoms with van der Waals surface area (Å²) >= 11 is 0. The molecule has 76 valence electrons. The van der Waals surface area contributed by atoms with E-state index in [2.05, 4.69) is 4.90 Å². The molecule has 3 aliphatic heterocycles. The lowest BCUT2D eigenvalue weighted by molar-refractivity contribution is 0.0618. The number of nitrogens with zero attached hydrogens (tertiary/aromatic N) is 1. The molecule has 0 amide bonds. The van der Waals surface area contributed by atoms with E-state index >= 15 is 0 Å². The SMILES string of the molecule is CS(=O)(=O)C[C@@H]1CN2CCC1CC2. The van der Waals surface area contributed by atoms with Crippen molar-refractivity contribution in [1.29, 1.82) is 0 Å². The van der Waals surface area contributed by atoms with Gasteiger partial charge in [-0.25, -0.2) is 8.42 Å². The molecule has 0 aromatic carbocycles. The number of sulfone groups is 1. The zero-order valence-corrected chi connectivity index (χ0v) is 8.89. The van der Waals surface area contributed by atoms with Gasteiger partial charge in [0.25, 0.3) is 0 Å². The molecule has 0 unspecified atom stereocenters. The minimum Gasteiger partial charge on any atom is -0.303 e. The van der Waals surface area contributed by atoms with E-state index in [0.717, 1.165) is 6.54 Å². The summed E-state index contributed by atoms with van der Waals surface area (Å²) in [4.78, 5) is 2.40. The fraction of sp³-hybridized carbons (Fsp3) is 1.00. The van der Waals surface area contributed by atoms with Crippen LogP contribution in [0.25, 0.3) is 0 Å². The molecule has 3 fully saturated rings. The maximum atomic E-state index is 11.2. The zero-order valence-electron chi connectivity index (χ0n) is 8.07. The molecule has 1 atom stereocenters. The Kier molecular flexibility index (Phi) is 2.36. The van der Waals surface area contributed by atoms with Gasteiger partial charge in [0.15, 0.2) is 0 Å². The van der Waals surface area contributed by atoms with E-state index in [1.165, 1.54) is 32.2 Å². The molecule has 2 bridgehead atoms. The topological polar surface area (TPSA) is 37.4 Å². The lowest BCUT2D eigenvalue weighted by atomic mass is 9.80. The molecule has 0 spiro atoms. The van der Waals surface area contributed by atoms with Crippen LogP contribution in [0, 0.1) is 11.8 Å². The first-order valence-corrected chi connectivity index (χ1v) is 7.01. The first-order valence-electron chi connectivity index (χ1n) is 4.95. The van der Waals surface area contributed by atoms with Crippen molar-refractivity contribution >= 4 is 9.84 Å². The highest BCUT2D eigenvalue weighted by Crippen LogP contribution is 2.32. The van der Waals surface area contributed by atoms with Gasteiger partial charge in [0.1, 0.15) is 9.84 Å². The Labute approximate surface area is 80.0 Å². The van der Waals surface area contributed by atoms with Gasteiger partial charge in [-0.1, -0.05) is 0 Å². The van der Waals surface area contributed by atoms with Crippen molar-refractivity contribution in [1.82, 2.24) is 4.90 Å². The summed E-state index contributed by atoms with van der Waals surface area (Å²) in [6.07, 6.45) is 3.77. The average Bonchev–Trinajstić information content (AvgIpc) is 2.03. The van der Waals surface area contributed by atoms with Gasteiger partial charge in [-0.15, -0.1) is 0 Å². The van der Waals surface area contributed by atoms with E-state index in [1.807, 2.05) is 0 Å². The van der Waals surface area contributed by atoms with Crippen LogP contribution in [0.4, 0.5) is 0 Å². The van der Waals surface area contributed by atoms with Gasteiger partial charge in [-0.05, 0) is 37.8 Å². The Morgan fingerprint density at radius 2 is 1.92 bits per heavy atom. The second kappa shape index (κ2) is 3.24. The highest BCUT2D eigenvalue weighted by atomic mass is 32.2. The Hall–Kier alpha value is -0.0900. The van der Waals surface area contributed by atoms with E-state index in [-0.39, 0.29) is 0 Å². The third kappa shape index (κ3) is 2.23. The highest BCUT2D eigenvalue weighted by molar-refractivity contribution is 7.90. The van der Waals surface area contributed by atoms with Crippen molar-refractivity contribution in [2.24, 2.45) is 11.8 Å². The molecule has 3 nitrogen and oxygen atoms in total. The van der Waals surface area contributed by atoms with E-state index in [0.29, 0.717) is 17.6 Å². The van der Waals surface area contributed by atoms with Gasteiger partial charge in [0.2, 0.25) is 0 Å². The maximum Gasteiger partial charge on any atom is 0.147 e. The summed E-state index contributed by atoms with van der Waals surface area (Å²) in [5, 5.41) is 0. The summed E-state index contributed by atoms with van der Waals surface area (Å²) < 4.78 is 22.3.